The zero-order valence-corrected chi connectivity index (χ0v) is 8.48. The maximum atomic E-state index is 3.08. The Labute approximate surface area is 81.6 Å². The van der Waals surface area contributed by atoms with Crippen molar-refractivity contribution in [2.24, 2.45) is 0 Å². The van der Waals surface area contributed by atoms with Crippen molar-refractivity contribution in [2.75, 3.05) is 0 Å². The van der Waals surface area contributed by atoms with Crippen LogP contribution in [0, 0.1) is 18.9 Å². The summed E-state index contributed by atoms with van der Waals surface area (Å²) in [5, 5.41) is 1.23. The molecule has 0 amide bonds. The molecule has 64 valence electrons. The lowest BCUT2D eigenvalue weighted by molar-refractivity contribution is -0.556. The van der Waals surface area contributed by atoms with E-state index < -0.39 is 0 Å². The molecule has 0 fully saturated rings. The Kier molecular flexibility index (Phi) is 2.03. The van der Waals surface area contributed by atoms with Crippen molar-refractivity contribution in [3.63, 3.8) is 0 Å². The number of benzene rings is 1. The van der Waals surface area contributed by atoms with Crippen molar-refractivity contribution >= 4 is 21.6 Å². The fraction of sp³-hybridized carbons (Fsp3) is 0.182. The zero-order chi connectivity index (χ0) is 9.26. The van der Waals surface area contributed by atoms with Crippen LogP contribution in [-0.2, 0) is 0 Å². The van der Waals surface area contributed by atoms with Gasteiger partial charge in [-0.25, -0.2) is 0 Å². The van der Waals surface area contributed by atoms with E-state index >= 15 is 0 Å². The van der Waals surface area contributed by atoms with Gasteiger partial charge < -0.3 is 0 Å². The average Bonchev–Trinajstić information content (AvgIpc) is 2.44. The molecule has 2 heteroatoms. The Hall–Kier alpha value is -1.33. The van der Waals surface area contributed by atoms with Crippen molar-refractivity contribution in [3.8, 4) is 12.0 Å². The minimum absolute atomic E-state index is 1.21. The predicted molar refractivity (Wildman–Crippen MR) is 55.6 cm³/mol. The molecule has 0 spiro atoms. The van der Waals surface area contributed by atoms with Gasteiger partial charge in [-0.1, -0.05) is 28.0 Å². The molecule has 0 unspecified atom stereocenters. The first-order valence-corrected chi connectivity index (χ1v) is 4.97. The summed E-state index contributed by atoms with van der Waals surface area (Å²) in [6.07, 6.45) is 0. The highest BCUT2D eigenvalue weighted by molar-refractivity contribution is 7.18. The minimum atomic E-state index is 1.21. The van der Waals surface area contributed by atoms with Gasteiger partial charge in [-0.3, -0.25) is 0 Å². The summed E-state index contributed by atoms with van der Waals surface area (Å²) >= 11 is 1.78. The Bertz CT molecular complexity index is 500. The molecule has 13 heavy (non-hydrogen) atoms. The number of thiazole rings is 1. The van der Waals surface area contributed by atoms with E-state index in [9.17, 15) is 0 Å². The normalized spacial score (nSPS) is 9.69. The molecule has 0 saturated carbocycles. The first-order chi connectivity index (χ1) is 6.33. The molecular weight excluding hydrogens is 178 g/mol. The van der Waals surface area contributed by atoms with E-state index in [1.807, 2.05) is 17.6 Å². The van der Waals surface area contributed by atoms with Crippen LogP contribution in [0.3, 0.4) is 0 Å². The van der Waals surface area contributed by atoms with Crippen LogP contribution in [0.1, 0.15) is 11.9 Å². The quantitative estimate of drug-likeness (QED) is 0.441. The molecule has 0 bridgehead atoms. The van der Waals surface area contributed by atoms with Gasteiger partial charge in [0.25, 0.3) is 5.01 Å². The Morgan fingerprint density at radius 3 is 2.85 bits per heavy atom. The summed E-state index contributed by atoms with van der Waals surface area (Å²) in [5.41, 5.74) is 1.21. The van der Waals surface area contributed by atoms with E-state index in [1.165, 1.54) is 15.2 Å². The second kappa shape index (κ2) is 3.20. The van der Waals surface area contributed by atoms with E-state index in [1.54, 1.807) is 11.3 Å². The van der Waals surface area contributed by atoms with Gasteiger partial charge in [-0.15, -0.1) is 0 Å². The molecule has 0 saturated heterocycles. The van der Waals surface area contributed by atoms with Gasteiger partial charge >= 0.3 is 0 Å². The topological polar surface area (TPSA) is 3.88 Å². The standard InChI is InChI=1S/C11H10NS/c1-3-8-12-9(2)13-11-7-5-4-6-10(11)12/h4-7H,1-2H3/q+1. The van der Waals surface area contributed by atoms with Crippen LogP contribution in [-0.4, -0.2) is 0 Å². The van der Waals surface area contributed by atoms with Crippen molar-refractivity contribution in [1.29, 1.82) is 0 Å². The summed E-state index contributed by atoms with van der Waals surface area (Å²) in [6, 6.07) is 11.4. The van der Waals surface area contributed by atoms with Gasteiger partial charge in [0.2, 0.25) is 11.6 Å². The Balaban J connectivity index is 2.83. The van der Waals surface area contributed by atoms with Gasteiger partial charge in [-0.05, 0) is 12.0 Å². The number of hydrogen-bond donors (Lipinski definition) is 0. The SMILES string of the molecule is CC#C[n+]1c(C)sc2ccccc21. The third kappa shape index (κ3) is 1.32. The molecular formula is C11H10NS+. The van der Waals surface area contributed by atoms with E-state index in [4.69, 9.17) is 0 Å². The van der Waals surface area contributed by atoms with Crippen LogP contribution in [0.5, 0.6) is 0 Å². The van der Waals surface area contributed by atoms with E-state index in [0.717, 1.165) is 0 Å². The first-order valence-electron chi connectivity index (χ1n) is 4.16. The van der Waals surface area contributed by atoms with Gasteiger partial charge in [0, 0.05) is 19.9 Å². The van der Waals surface area contributed by atoms with Crippen LogP contribution >= 0.6 is 11.3 Å². The monoisotopic (exact) mass is 188 g/mol. The highest BCUT2D eigenvalue weighted by Gasteiger charge is 2.14. The molecule has 0 radical (unpaired) electrons. The number of aromatic nitrogens is 1. The Morgan fingerprint density at radius 2 is 2.08 bits per heavy atom. The van der Waals surface area contributed by atoms with Crippen LogP contribution in [0.4, 0.5) is 0 Å². The maximum absolute atomic E-state index is 3.08. The van der Waals surface area contributed by atoms with Crippen LogP contribution in [0.25, 0.3) is 10.2 Å². The lowest BCUT2D eigenvalue weighted by atomic mass is 10.3. The molecule has 1 heterocycles. The molecule has 0 N–H and O–H groups in total. The summed E-state index contributed by atoms with van der Waals surface area (Å²) in [4.78, 5) is 0. The van der Waals surface area contributed by atoms with Gasteiger partial charge in [0.15, 0.2) is 0 Å². The van der Waals surface area contributed by atoms with E-state index in [-0.39, 0.29) is 0 Å². The molecule has 0 aliphatic rings. The van der Waals surface area contributed by atoms with Crippen LogP contribution < -0.4 is 4.57 Å². The summed E-state index contributed by atoms with van der Waals surface area (Å²) < 4.78 is 3.34. The third-order valence-corrected chi connectivity index (χ3v) is 2.95. The van der Waals surface area contributed by atoms with E-state index in [2.05, 4.69) is 37.1 Å². The summed E-state index contributed by atoms with van der Waals surface area (Å²) in [7, 11) is 0. The fourth-order valence-corrected chi connectivity index (χ4v) is 2.32. The highest BCUT2D eigenvalue weighted by atomic mass is 32.1. The molecule has 2 rings (SSSR count). The van der Waals surface area contributed by atoms with Crippen molar-refractivity contribution in [2.45, 2.75) is 13.8 Å². The van der Waals surface area contributed by atoms with Crippen LogP contribution in [0.2, 0.25) is 0 Å². The van der Waals surface area contributed by atoms with Gasteiger partial charge in [-0.2, -0.15) is 0 Å². The second-order valence-electron chi connectivity index (χ2n) is 2.79. The number of rotatable bonds is 0. The van der Waals surface area contributed by atoms with Crippen molar-refractivity contribution in [1.82, 2.24) is 0 Å². The molecule has 1 aromatic carbocycles. The maximum Gasteiger partial charge on any atom is 0.250 e. The first kappa shape index (κ1) is 8.28. The van der Waals surface area contributed by atoms with Gasteiger partial charge in [0.05, 0.1) is 0 Å². The molecule has 0 aliphatic carbocycles. The smallest absolute Gasteiger partial charge is 0.0976 e. The Morgan fingerprint density at radius 1 is 1.31 bits per heavy atom. The highest BCUT2D eigenvalue weighted by Crippen LogP contribution is 2.18. The van der Waals surface area contributed by atoms with Gasteiger partial charge in [0.1, 0.15) is 4.70 Å². The number of aryl methyl sites for hydroxylation is 1. The average molecular weight is 188 g/mol. The zero-order valence-electron chi connectivity index (χ0n) is 7.66. The fourth-order valence-electron chi connectivity index (χ4n) is 1.35. The molecule has 0 aliphatic heterocycles. The largest absolute Gasteiger partial charge is 0.250 e. The number of fused-ring (bicyclic) bond motifs is 1. The summed E-state index contributed by atoms with van der Waals surface area (Å²) in [5.74, 6) is 2.92. The summed E-state index contributed by atoms with van der Waals surface area (Å²) in [6.45, 7) is 3.95. The van der Waals surface area contributed by atoms with E-state index in [0.29, 0.717) is 0 Å². The van der Waals surface area contributed by atoms with Crippen molar-refractivity contribution < 1.29 is 4.57 Å². The predicted octanol–water partition coefficient (Wildman–Crippen LogP) is 2.33. The minimum Gasteiger partial charge on any atom is -0.0976 e. The molecule has 2 aromatic rings. The second-order valence-corrected chi connectivity index (χ2v) is 4.02. The number of nitrogens with zero attached hydrogens (tertiary/aromatic N) is 1. The lowest BCUT2D eigenvalue weighted by Crippen LogP contribution is -2.28. The lowest BCUT2D eigenvalue weighted by Gasteiger charge is -1.81. The number of para-hydroxylation sites is 1. The third-order valence-electron chi connectivity index (χ3n) is 1.90. The molecule has 0 atom stereocenters. The van der Waals surface area contributed by atoms with Crippen molar-refractivity contribution in [3.05, 3.63) is 29.3 Å². The number of hydrogen-bond acceptors (Lipinski definition) is 1. The molecule has 1 aromatic heterocycles. The molecule has 1 nitrogen and oxygen atoms in total. The van der Waals surface area contributed by atoms with Crippen LogP contribution in [0.15, 0.2) is 24.3 Å².